The average Bonchev–Trinajstić information content (AvgIpc) is 3.63. The van der Waals surface area contributed by atoms with Crippen LogP contribution >= 0.6 is 0 Å². The van der Waals surface area contributed by atoms with Crippen LogP contribution < -0.4 is 33.6 Å². The first-order valence-corrected chi connectivity index (χ1v) is 14.8. The van der Waals surface area contributed by atoms with E-state index in [1.54, 1.807) is 0 Å². The first-order chi connectivity index (χ1) is 19.9. The quantitative estimate of drug-likeness (QED) is 0.0557. The molecule has 0 bridgehead atoms. The van der Waals surface area contributed by atoms with E-state index in [-0.39, 0.29) is 17.6 Å². The highest BCUT2D eigenvalue weighted by Crippen LogP contribution is 2.26. The molecule has 2 aliphatic rings. The lowest BCUT2D eigenvalue weighted by molar-refractivity contribution is -0.148. The maximum absolute atomic E-state index is 13.8. The van der Waals surface area contributed by atoms with Crippen molar-refractivity contribution in [3.05, 3.63) is 0 Å². The van der Waals surface area contributed by atoms with Gasteiger partial charge in [-0.05, 0) is 78.2 Å². The van der Waals surface area contributed by atoms with Crippen molar-refractivity contribution >= 4 is 35.4 Å². The molecule has 0 aromatic carbocycles. The van der Waals surface area contributed by atoms with Gasteiger partial charge in [0.1, 0.15) is 24.2 Å². The number of nitrogens with two attached hydrogens (primary N) is 4. The molecule has 42 heavy (non-hydrogen) atoms. The first kappa shape index (κ1) is 34.9. The Bertz CT molecular complexity index is 987. The van der Waals surface area contributed by atoms with Gasteiger partial charge in [-0.15, -0.1) is 0 Å². The molecule has 2 saturated heterocycles. The molecule has 15 nitrogen and oxygen atoms in total. The highest BCUT2D eigenvalue weighted by Gasteiger charge is 2.44. The summed E-state index contributed by atoms with van der Waals surface area (Å²) < 4.78 is 0. The summed E-state index contributed by atoms with van der Waals surface area (Å²) in [5, 5.41) is 15.1. The highest BCUT2D eigenvalue weighted by atomic mass is 16.3. The van der Waals surface area contributed by atoms with Crippen LogP contribution in [0.3, 0.4) is 0 Å². The van der Waals surface area contributed by atoms with Gasteiger partial charge in [-0.25, -0.2) is 0 Å². The summed E-state index contributed by atoms with van der Waals surface area (Å²) in [5.74, 6) is -2.09. The van der Waals surface area contributed by atoms with E-state index in [0.29, 0.717) is 84.0 Å². The number of Topliss-reactive ketones (excluding diaryl/α,β-unsaturated/α-hetero) is 1. The molecule has 0 unspecified atom stereocenters. The van der Waals surface area contributed by atoms with E-state index in [1.807, 2.05) is 0 Å². The van der Waals surface area contributed by atoms with Crippen molar-refractivity contribution < 1.29 is 29.1 Å². The minimum Gasteiger partial charge on any atom is -0.391 e. The molecule has 0 aromatic heterocycles. The lowest BCUT2D eigenvalue weighted by Gasteiger charge is -2.33. The number of amides is 4. The van der Waals surface area contributed by atoms with Crippen molar-refractivity contribution in [2.45, 2.75) is 108 Å². The predicted molar refractivity (Wildman–Crippen MR) is 156 cm³/mol. The van der Waals surface area contributed by atoms with Crippen LogP contribution in [0.1, 0.15) is 71.6 Å². The Morgan fingerprint density at radius 1 is 0.929 bits per heavy atom. The lowest BCUT2D eigenvalue weighted by atomic mass is 10.0. The molecule has 0 spiro atoms. The van der Waals surface area contributed by atoms with Crippen LogP contribution in [0, 0.1) is 0 Å². The molecule has 2 aliphatic heterocycles. The molecule has 0 radical (unpaired) electrons. The standard InChI is InChI=1S/C27H49N9O6/c1-16(37)18(9-5-13-32-27(30)31)33-23(39)20-10-6-14-35(20)26(42)21-11-7-15-36(21)25(41)19(8-3-4-12-28)34-24(40)22(29)17(2)38/h17-22,38H,3-15,28-29H2,1-2H3,(H,33,39)(H,34,40)(H4,30,31,32)/t17-,18+,19+,20-,21+,22-/m1/s1. The predicted octanol–water partition coefficient (Wildman–Crippen LogP) is -2.58. The smallest absolute Gasteiger partial charge is 0.246 e. The number of guanidine groups is 1. The number of hydrogen-bond donors (Lipinski definition) is 7. The largest absolute Gasteiger partial charge is 0.391 e. The average molecular weight is 596 g/mol. The number of nitrogens with one attached hydrogen (secondary N) is 2. The molecule has 238 valence electrons. The Morgan fingerprint density at radius 2 is 1.55 bits per heavy atom. The van der Waals surface area contributed by atoms with Gasteiger partial charge < -0.3 is 48.5 Å². The number of unbranched alkanes of at least 4 members (excludes halogenated alkanes) is 1. The number of ketones is 1. The van der Waals surface area contributed by atoms with Crippen molar-refractivity contribution in [3.8, 4) is 0 Å². The third-order valence-electron chi connectivity index (χ3n) is 7.80. The zero-order valence-corrected chi connectivity index (χ0v) is 24.8. The second-order valence-electron chi connectivity index (χ2n) is 11.1. The van der Waals surface area contributed by atoms with Crippen molar-refractivity contribution in [1.82, 2.24) is 20.4 Å². The van der Waals surface area contributed by atoms with Crippen molar-refractivity contribution in [3.63, 3.8) is 0 Å². The maximum atomic E-state index is 13.8. The van der Waals surface area contributed by atoms with Crippen LogP contribution in [0.5, 0.6) is 0 Å². The normalized spacial score (nSPS) is 21.3. The Morgan fingerprint density at radius 3 is 2.14 bits per heavy atom. The summed E-state index contributed by atoms with van der Waals surface area (Å²) in [6.07, 6.45) is 3.30. The van der Waals surface area contributed by atoms with Crippen LogP contribution in [0.15, 0.2) is 4.99 Å². The number of aliphatic hydroxyl groups excluding tert-OH is 1. The number of likely N-dealkylation sites (tertiary alicyclic amines) is 2. The van der Waals surface area contributed by atoms with E-state index >= 15 is 0 Å². The molecular formula is C27H49N9O6. The van der Waals surface area contributed by atoms with E-state index in [1.165, 1.54) is 23.6 Å². The van der Waals surface area contributed by atoms with Gasteiger partial charge in [0.05, 0.1) is 12.1 Å². The van der Waals surface area contributed by atoms with Crippen molar-refractivity contribution in [1.29, 1.82) is 0 Å². The van der Waals surface area contributed by atoms with Gasteiger partial charge in [0.15, 0.2) is 11.7 Å². The van der Waals surface area contributed by atoms with Gasteiger partial charge in [0.2, 0.25) is 23.6 Å². The van der Waals surface area contributed by atoms with E-state index in [2.05, 4.69) is 15.6 Å². The zero-order valence-electron chi connectivity index (χ0n) is 24.8. The number of carbonyl (C=O) groups is 5. The molecule has 0 aliphatic carbocycles. The fourth-order valence-corrected chi connectivity index (χ4v) is 5.37. The molecule has 2 rings (SSSR count). The molecule has 0 aromatic rings. The number of aliphatic imine (C=N–C) groups is 1. The molecule has 2 heterocycles. The second kappa shape index (κ2) is 17.0. The van der Waals surface area contributed by atoms with Crippen LogP contribution in [0.2, 0.25) is 0 Å². The van der Waals surface area contributed by atoms with Crippen molar-refractivity contribution in [2.75, 3.05) is 26.2 Å². The zero-order chi connectivity index (χ0) is 31.4. The van der Waals surface area contributed by atoms with Gasteiger partial charge in [0, 0.05) is 19.6 Å². The molecule has 0 saturated carbocycles. The maximum Gasteiger partial charge on any atom is 0.246 e. The van der Waals surface area contributed by atoms with E-state index in [4.69, 9.17) is 22.9 Å². The number of aliphatic hydroxyl groups is 1. The van der Waals surface area contributed by atoms with Crippen LogP contribution in [0.4, 0.5) is 0 Å². The number of carbonyl (C=O) groups excluding carboxylic acids is 5. The van der Waals surface area contributed by atoms with Crippen LogP contribution in [0.25, 0.3) is 0 Å². The minimum atomic E-state index is -1.21. The molecule has 15 heteroatoms. The fourth-order valence-electron chi connectivity index (χ4n) is 5.37. The minimum absolute atomic E-state index is 0.0504. The van der Waals surface area contributed by atoms with E-state index in [0.717, 1.165) is 0 Å². The second-order valence-corrected chi connectivity index (χ2v) is 11.1. The first-order valence-electron chi connectivity index (χ1n) is 14.8. The lowest BCUT2D eigenvalue weighted by Crippen LogP contribution is -2.58. The fraction of sp³-hybridized carbons (Fsp3) is 0.778. The molecule has 4 amide bonds. The molecular weight excluding hydrogens is 546 g/mol. The number of rotatable bonds is 16. The Kier molecular flexibility index (Phi) is 14.1. The van der Waals surface area contributed by atoms with Gasteiger partial charge >= 0.3 is 0 Å². The summed E-state index contributed by atoms with van der Waals surface area (Å²) >= 11 is 0. The topological polar surface area (TPSA) is 253 Å². The summed E-state index contributed by atoms with van der Waals surface area (Å²) in [6.45, 7) is 4.20. The van der Waals surface area contributed by atoms with E-state index < -0.39 is 54.0 Å². The van der Waals surface area contributed by atoms with Crippen LogP contribution in [-0.4, -0.2) is 113 Å². The Hall–Kier alpha value is -3.30. The van der Waals surface area contributed by atoms with Gasteiger partial charge in [0.25, 0.3) is 0 Å². The van der Waals surface area contributed by atoms with Gasteiger partial charge in [-0.3, -0.25) is 29.0 Å². The summed E-state index contributed by atoms with van der Waals surface area (Å²) in [6, 6.07) is -4.43. The third-order valence-corrected chi connectivity index (χ3v) is 7.80. The van der Waals surface area contributed by atoms with Crippen LogP contribution in [-0.2, 0) is 24.0 Å². The number of nitrogens with zero attached hydrogens (tertiary/aromatic N) is 3. The van der Waals surface area contributed by atoms with Gasteiger partial charge in [-0.2, -0.15) is 0 Å². The molecule has 2 fully saturated rings. The van der Waals surface area contributed by atoms with E-state index in [9.17, 15) is 29.1 Å². The SMILES string of the molecule is CC(=O)[C@H](CCCN=C(N)N)NC(=O)[C@H]1CCCN1C(=O)[C@@H]1CCCN1C(=O)[C@H](CCCCN)NC(=O)[C@H](N)[C@@H](C)O. The number of hydrogen-bond acceptors (Lipinski definition) is 9. The van der Waals surface area contributed by atoms with Crippen molar-refractivity contribution in [2.24, 2.45) is 27.9 Å². The summed E-state index contributed by atoms with van der Waals surface area (Å²) in [5.41, 5.74) is 22.1. The molecule has 6 atom stereocenters. The summed E-state index contributed by atoms with van der Waals surface area (Å²) in [4.78, 5) is 72.3. The molecule has 11 N–H and O–H groups in total. The monoisotopic (exact) mass is 595 g/mol. The Labute approximate surface area is 247 Å². The Balaban J connectivity index is 2.12. The van der Waals surface area contributed by atoms with Gasteiger partial charge in [-0.1, -0.05) is 0 Å². The summed E-state index contributed by atoms with van der Waals surface area (Å²) in [7, 11) is 0. The third kappa shape index (κ3) is 9.91. The highest BCUT2D eigenvalue weighted by molar-refractivity contribution is 5.96.